The van der Waals surface area contributed by atoms with Gasteiger partial charge < -0.3 is 14.9 Å². The smallest absolute Gasteiger partial charge is 0.254 e. The quantitative estimate of drug-likeness (QED) is 0.849. The van der Waals surface area contributed by atoms with Crippen molar-refractivity contribution in [2.24, 2.45) is 0 Å². The third-order valence-corrected chi connectivity index (χ3v) is 6.70. The molecule has 2 amide bonds. The second kappa shape index (κ2) is 6.64. The molecule has 2 aromatic rings. The molecule has 6 heteroatoms. The van der Waals surface area contributed by atoms with Gasteiger partial charge in [0.2, 0.25) is 0 Å². The van der Waals surface area contributed by atoms with E-state index < -0.39 is 5.60 Å². The molecule has 5 nitrogen and oxygen atoms in total. The van der Waals surface area contributed by atoms with E-state index in [2.05, 4.69) is 0 Å². The summed E-state index contributed by atoms with van der Waals surface area (Å²) in [5, 5.41) is 10.1. The Labute approximate surface area is 175 Å². The van der Waals surface area contributed by atoms with Crippen molar-refractivity contribution < 1.29 is 19.1 Å². The number of aryl methyl sites for hydroxylation is 1. The van der Waals surface area contributed by atoms with Gasteiger partial charge in [0.1, 0.15) is 11.4 Å². The fraction of sp³-hybridized carbons (Fsp3) is 0.417. The lowest BCUT2D eigenvalue weighted by molar-refractivity contribution is -0.145. The number of benzene rings is 2. The van der Waals surface area contributed by atoms with Gasteiger partial charge in [-0.15, -0.1) is 0 Å². The predicted octanol–water partition coefficient (Wildman–Crippen LogP) is 3.14. The fourth-order valence-corrected chi connectivity index (χ4v) is 4.47. The first kappa shape index (κ1) is 19.2. The second-order valence-electron chi connectivity index (χ2n) is 9.00. The zero-order valence-corrected chi connectivity index (χ0v) is 17.0. The second-order valence-corrected chi connectivity index (χ2v) is 9.00. The van der Waals surface area contributed by atoms with E-state index >= 15 is 0 Å². The van der Waals surface area contributed by atoms with E-state index in [-0.39, 0.29) is 23.2 Å². The summed E-state index contributed by atoms with van der Waals surface area (Å²) in [6.07, 6.45) is 2.80. The summed E-state index contributed by atoms with van der Waals surface area (Å²) in [6.45, 7) is 3.25. The molecule has 156 valence electrons. The van der Waals surface area contributed by atoms with Crippen LogP contribution in [0, 0.1) is 12.7 Å². The van der Waals surface area contributed by atoms with Gasteiger partial charge in [-0.2, -0.15) is 0 Å². The summed E-state index contributed by atoms with van der Waals surface area (Å²) < 4.78 is 14.3. The fourth-order valence-electron chi connectivity index (χ4n) is 4.47. The molecule has 0 aromatic heterocycles. The van der Waals surface area contributed by atoms with Crippen molar-refractivity contribution in [2.45, 2.75) is 43.7 Å². The van der Waals surface area contributed by atoms with Gasteiger partial charge in [0.05, 0.1) is 5.54 Å². The van der Waals surface area contributed by atoms with Crippen molar-refractivity contribution in [3.8, 4) is 11.1 Å². The van der Waals surface area contributed by atoms with Gasteiger partial charge in [0.15, 0.2) is 0 Å². The van der Waals surface area contributed by atoms with Crippen LogP contribution in [0.1, 0.15) is 41.6 Å². The van der Waals surface area contributed by atoms with Crippen molar-refractivity contribution in [2.75, 3.05) is 19.6 Å². The molecular weight excluding hydrogens is 383 g/mol. The maximum absolute atomic E-state index is 14.3. The van der Waals surface area contributed by atoms with Crippen molar-refractivity contribution in [1.29, 1.82) is 0 Å². The molecule has 5 rings (SSSR count). The van der Waals surface area contributed by atoms with Gasteiger partial charge in [0.25, 0.3) is 11.8 Å². The van der Waals surface area contributed by atoms with Crippen LogP contribution in [0.3, 0.4) is 0 Å². The highest BCUT2D eigenvalue weighted by Gasteiger charge is 2.57. The first-order valence-corrected chi connectivity index (χ1v) is 10.5. The molecule has 0 bridgehead atoms. The van der Waals surface area contributed by atoms with Gasteiger partial charge in [0, 0.05) is 30.8 Å². The van der Waals surface area contributed by atoms with Crippen LogP contribution in [0.4, 0.5) is 4.39 Å². The molecule has 0 atom stereocenters. The number of hydrogen-bond donors (Lipinski definition) is 1. The highest BCUT2D eigenvalue weighted by atomic mass is 19.1. The molecule has 0 radical (unpaired) electrons. The third kappa shape index (κ3) is 3.19. The van der Waals surface area contributed by atoms with Crippen LogP contribution in [0.15, 0.2) is 42.5 Å². The summed E-state index contributed by atoms with van der Waals surface area (Å²) in [5.41, 5.74) is 1.21. The molecule has 2 saturated carbocycles. The van der Waals surface area contributed by atoms with E-state index in [0.717, 1.165) is 24.0 Å². The van der Waals surface area contributed by atoms with Crippen LogP contribution in [0.25, 0.3) is 11.1 Å². The van der Waals surface area contributed by atoms with Crippen LogP contribution in [0.2, 0.25) is 0 Å². The standard InChI is InChI=1S/C24H25FN2O3/c1-16-2-7-19(20(25)14-16)17-3-5-18(6-4-17)21(28)27-13-12-26(15-23(27)8-9-23)22(29)24(30)10-11-24/h2-7,14,30H,8-13,15H2,1H3. The van der Waals surface area contributed by atoms with E-state index in [1.165, 1.54) is 6.07 Å². The minimum atomic E-state index is -1.16. The van der Waals surface area contributed by atoms with Crippen LogP contribution >= 0.6 is 0 Å². The molecule has 2 aromatic carbocycles. The summed E-state index contributed by atoms with van der Waals surface area (Å²) in [7, 11) is 0. The molecule has 1 saturated heterocycles. The lowest BCUT2D eigenvalue weighted by Crippen LogP contribution is -2.60. The Balaban J connectivity index is 1.32. The molecule has 3 fully saturated rings. The highest BCUT2D eigenvalue weighted by molar-refractivity contribution is 5.96. The van der Waals surface area contributed by atoms with Crippen LogP contribution < -0.4 is 0 Å². The largest absolute Gasteiger partial charge is 0.380 e. The van der Waals surface area contributed by atoms with E-state index in [0.29, 0.717) is 43.6 Å². The number of carbonyl (C=O) groups excluding carboxylic acids is 2. The van der Waals surface area contributed by atoms with E-state index in [4.69, 9.17) is 0 Å². The Morgan fingerprint density at radius 2 is 1.70 bits per heavy atom. The van der Waals surface area contributed by atoms with Crippen molar-refractivity contribution in [3.63, 3.8) is 0 Å². The number of carbonyl (C=O) groups is 2. The third-order valence-electron chi connectivity index (χ3n) is 6.70. The van der Waals surface area contributed by atoms with Crippen LogP contribution in [0.5, 0.6) is 0 Å². The lowest BCUT2D eigenvalue weighted by Gasteiger charge is -2.43. The number of halogens is 1. The molecule has 30 heavy (non-hydrogen) atoms. The Morgan fingerprint density at radius 1 is 1.00 bits per heavy atom. The van der Waals surface area contributed by atoms with E-state index in [9.17, 15) is 19.1 Å². The molecule has 0 unspecified atom stereocenters. The molecular formula is C24H25FN2O3. The highest BCUT2D eigenvalue weighted by Crippen LogP contribution is 2.46. The maximum Gasteiger partial charge on any atom is 0.254 e. The lowest BCUT2D eigenvalue weighted by atomic mass is 10.0. The Morgan fingerprint density at radius 3 is 2.30 bits per heavy atom. The topological polar surface area (TPSA) is 60.9 Å². The molecule has 1 spiro atoms. The zero-order valence-electron chi connectivity index (χ0n) is 17.0. The monoisotopic (exact) mass is 408 g/mol. The summed E-state index contributed by atoms with van der Waals surface area (Å²) in [5.74, 6) is -0.518. The summed E-state index contributed by atoms with van der Waals surface area (Å²) in [6, 6.07) is 12.2. The zero-order chi connectivity index (χ0) is 21.1. The van der Waals surface area contributed by atoms with E-state index in [1.54, 1.807) is 35.2 Å². The van der Waals surface area contributed by atoms with Gasteiger partial charge in [-0.1, -0.05) is 24.3 Å². The molecule has 1 aliphatic heterocycles. The summed E-state index contributed by atoms with van der Waals surface area (Å²) in [4.78, 5) is 29.3. The number of hydrogen-bond acceptors (Lipinski definition) is 3. The van der Waals surface area contributed by atoms with Crippen molar-refractivity contribution in [1.82, 2.24) is 9.80 Å². The van der Waals surface area contributed by atoms with E-state index in [1.807, 2.05) is 17.9 Å². The maximum atomic E-state index is 14.3. The Bertz CT molecular complexity index is 1030. The minimum absolute atomic E-state index is 0.0549. The molecule has 1 heterocycles. The van der Waals surface area contributed by atoms with Crippen molar-refractivity contribution in [3.05, 3.63) is 59.4 Å². The molecule has 2 aliphatic carbocycles. The first-order valence-electron chi connectivity index (χ1n) is 10.5. The van der Waals surface area contributed by atoms with Gasteiger partial charge in [-0.3, -0.25) is 9.59 Å². The molecule has 3 aliphatic rings. The SMILES string of the molecule is Cc1ccc(-c2ccc(C(=O)N3CCN(C(=O)C4(O)CC4)CC34CC4)cc2)c(F)c1. The van der Waals surface area contributed by atoms with Crippen LogP contribution in [-0.2, 0) is 4.79 Å². The first-order chi connectivity index (χ1) is 14.3. The van der Waals surface area contributed by atoms with Crippen molar-refractivity contribution >= 4 is 11.8 Å². The predicted molar refractivity (Wildman–Crippen MR) is 110 cm³/mol. The number of rotatable bonds is 3. The normalized spacial score (nSPS) is 20.9. The average molecular weight is 408 g/mol. The number of piperazine rings is 1. The number of amides is 2. The summed E-state index contributed by atoms with van der Waals surface area (Å²) >= 11 is 0. The minimum Gasteiger partial charge on any atom is -0.380 e. The van der Waals surface area contributed by atoms with Gasteiger partial charge >= 0.3 is 0 Å². The molecule has 1 N–H and O–H groups in total. The Hall–Kier alpha value is -2.73. The van der Waals surface area contributed by atoms with Crippen LogP contribution in [-0.4, -0.2) is 57.5 Å². The van der Waals surface area contributed by atoms with Gasteiger partial charge in [-0.25, -0.2) is 4.39 Å². The average Bonchev–Trinajstić information content (AvgIpc) is 3.66. The number of nitrogens with zero attached hydrogens (tertiary/aromatic N) is 2. The Kier molecular flexibility index (Phi) is 4.26. The van der Waals surface area contributed by atoms with Gasteiger partial charge in [-0.05, 0) is 61.9 Å². The number of aliphatic hydroxyl groups is 1.